The summed E-state index contributed by atoms with van der Waals surface area (Å²) in [6.07, 6.45) is 3.30. The van der Waals surface area contributed by atoms with E-state index in [1.165, 1.54) is 6.26 Å². The molecule has 3 rings (SSSR count). The number of carbonyl (C=O) groups excluding carboxylic acids is 1. The molecule has 0 unspecified atom stereocenters. The van der Waals surface area contributed by atoms with Crippen LogP contribution in [-0.2, 0) is 13.6 Å². The molecule has 110 valence electrons. The summed E-state index contributed by atoms with van der Waals surface area (Å²) in [5, 5.41) is 11.6. The minimum absolute atomic E-state index is 0.132. The van der Waals surface area contributed by atoms with Crippen LogP contribution in [0, 0.1) is 13.8 Å². The van der Waals surface area contributed by atoms with Gasteiger partial charge in [0.2, 0.25) is 0 Å². The highest BCUT2D eigenvalue weighted by molar-refractivity contribution is 5.95. The summed E-state index contributed by atoms with van der Waals surface area (Å²) >= 11 is 0. The van der Waals surface area contributed by atoms with Crippen LogP contribution in [0.4, 0.5) is 0 Å². The van der Waals surface area contributed by atoms with Gasteiger partial charge in [-0.05, 0) is 19.9 Å². The Morgan fingerprint density at radius 3 is 2.95 bits per heavy atom. The van der Waals surface area contributed by atoms with Crippen molar-refractivity contribution < 1.29 is 9.21 Å². The number of nitrogens with one attached hydrogen (secondary N) is 1. The number of furan rings is 1. The second-order valence-corrected chi connectivity index (χ2v) is 4.96. The highest BCUT2D eigenvalue weighted by Gasteiger charge is 2.13. The van der Waals surface area contributed by atoms with Crippen molar-refractivity contribution in [3.63, 3.8) is 0 Å². The molecule has 3 heterocycles. The van der Waals surface area contributed by atoms with Crippen LogP contribution in [0.2, 0.25) is 0 Å². The number of fused-ring (bicyclic) bond motifs is 1. The van der Waals surface area contributed by atoms with Crippen LogP contribution < -0.4 is 5.32 Å². The largest absolute Gasteiger partial charge is 0.469 e. The molecule has 0 aliphatic rings. The van der Waals surface area contributed by atoms with Crippen molar-refractivity contribution in [2.75, 3.05) is 6.54 Å². The third kappa shape index (κ3) is 2.31. The van der Waals surface area contributed by atoms with E-state index in [4.69, 9.17) is 4.42 Å². The van der Waals surface area contributed by atoms with Crippen LogP contribution >= 0.6 is 0 Å². The molecular formula is C14H17N5O2. The molecule has 0 fully saturated rings. The Labute approximate surface area is 121 Å². The second-order valence-electron chi connectivity index (χ2n) is 4.96. The zero-order valence-electron chi connectivity index (χ0n) is 12.3. The molecule has 21 heavy (non-hydrogen) atoms. The second kappa shape index (κ2) is 5.08. The third-order valence-corrected chi connectivity index (χ3v) is 3.52. The Hall–Kier alpha value is -2.57. The molecule has 1 N–H and O–H groups in total. The lowest BCUT2D eigenvalue weighted by molar-refractivity contribution is 0.0950. The molecule has 7 heteroatoms. The Kier molecular flexibility index (Phi) is 3.25. The lowest BCUT2D eigenvalue weighted by Crippen LogP contribution is -2.27. The molecule has 0 radical (unpaired) electrons. The molecule has 0 saturated carbocycles. The van der Waals surface area contributed by atoms with E-state index >= 15 is 0 Å². The average Bonchev–Trinajstić information content (AvgIpc) is 3.10. The number of hydrogen-bond acceptors (Lipinski definition) is 4. The molecule has 0 atom stereocenters. The fourth-order valence-corrected chi connectivity index (χ4v) is 2.47. The van der Waals surface area contributed by atoms with Crippen LogP contribution in [0.3, 0.4) is 0 Å². The molecule has 7 nitrogen and oxygen atoms in total. The Balaban J connectivity index is 1.67. The van der Waals surface area contributed by atoms with Crippen molar-refractivity contribution in [2.45, 2.75) is 20.4 Å². The van der Waals surface area contributed by atoms with E-state index in [1.54, 1.807) is 19.2 Å². The highest BCUT2D eigenvalue weighted by atomic mass is 16.3. The maximum Gasteiger partial charge on any atom is 0.254 e. The maximum atomic E-state index is 12.0. The SMILES string of the molecule is Cc1occc1C(=O)NCCn1ncc2c1c(C)nn2C. The number of rotatable bonds is 4. The van der Waals surface area contributed by atoms with Gasteiger partial charge in [-0.15, -0.1) is 0 Å². The van der Waals surface area contributed by atoms with Crippen molar-refractivity contribution >= 4 is 16.9 Å². The van der Waals surface area contributed by atoms with Gasteiger partial charge in [-0.1, -0.05) is 0 Å². The quantitative estimate of drug-likeness (QED) is 0.787. The Bertz CT molecular complexity index is 796. The summed E-state index contributed by atoms with van der Waals surface area (Å²) < 4.78 is 8.79. The monoisotopic (exact) mass is 287 g/mol. The van der Waals surface area contributed by atoms with Crippen molar-refractivity contribution in [1.82, 2.24) is 24.9 Å². The van der Waals surface area contributed by atoms with Gasteiger partial charge < -0.3 is 9.73 Å². The predicted molar refractivity (Wildman–Crippen MR) is 77.0 cm³/mol. The fourth-order valence-electron chi connectivity index (χ4n) is 2.47. The molecule has 1 amide bonds. The van der Waals surface area contributed by atoms with Gasteiger partial charge in [-0.2, -0.15) is 10.2 Å². The molecule has 0 aliphatic carbocycles. The molecule has 0 aliphatic heterocycles. The predicted octanol–water partition coefficient (Wildman–Crippen LogP) is 1.41. The highest BCUT2D eigenvalue weighted by Crippen LogP contribution is 2.16. The first-order chi connectivity index (χ1) is 10.1. The Morgan fingerprint density at radius 2 is 2.24 bits per heavy atom. The number of amides is 1. The zero-order chi connectivity index (χ0) is 15.0. The maximum absolute atomic E-state index is 12.0. The van der Waals surface area contributed by atoms with E-state index in [9.17, 15) is 4.79 Å². The molecule has 3 aromatic rings. The van der Waals surface area contributed by atoms with Gasteiger partial charge in [-0.3, -0.25) is 14.2 Å². The minimum Gasteiger partial charge on any atom is -0.469 e. The topological polar surface area (TPSA) is 77.9 Å². The van der Waals surface area contributed by atoms with Crippen LogP contribution in [0.1, 0.15) is 21.8 Å². The summed E-state index contributed by atoms with van der Waals surface area (Å²) in [5.74, 6) is 0.490. The number of carbonyl (C=O) groups is 1. The summed E-state index contributed by atoms with van der Waals surface area (Å²) in [7, 11) is 1.89. The summed E-state index contributed by atoms with van der Waals surface area (Å²) in [6.45, 7) is 4.81. The first kappa shape index (κ1) is 13.4. The third-order valence-electron chi connectivity index (χ3n) is 3.52. The van der Waals surface area contributed by atoms with Gasteiger partial charge in [0.1, 0.15) is 16.8 Å². The standard InChI is InChI=1S/C14H17N5O2/c1-9-13-12(18(3)17-9)8-16-19(13)6-5-15-14(20)11-4-7-21-10(11)2/h4,7-8H,5-6H2,1-3H3,(H,15,20). The van der Waals surface area contributed by atoms with E-state index in [0.717, 1.165) is 16.7 Å². The zero-order valence-corrected chi connectivity index (χ0v) is 12.3. The lowest BCUT2D eigenvalue weighted by Gasteiger charge is -2.05. The van der Waals surface area contributed by atoms with Crippen molar-refractivity contribution in [3.8, 4) is 0 Å². The molecular weight excluding hydrogens is 270 g/mol. The van der Waals surface area contributed by atoms with Gasteiger partial charge in [0, 0.05) is 13.6 Å². The molecule has 0 bridgehead atoms. The van der Waals surface area contributed by atoms with Crippen molar-refractivity contribution in [2.24, 2.45) is 7.05 Å². The van der Waals surface area contributed by atoms with E-state index in [2.05, 4.69) is 15.5 Å². The lowest BCUT2D eigenvalue weighted by atomic mass is 10.2. The van der Waals surface area contributed by atoms with E-state index in [1.807, 2.05) is 23.3 Å². The van der Waals surface area contributed by atoms with Crippen LogP contribution in [0.25, 0.3) is 11.0 Å². The van der Waals surface area contributed by atoms with Crippen LogP contribution in [-0.4, -0.2) is 32.0 Å². The first-order valence-electron chi connectivity index (χ1n) is 6.75. The van der Waals surface area contributed by atoms with Crippen LogP contribution in [0.5, 0.6) is 0 Å². The average molecular weight is 287 g/mol. The number of aromatic nitrogens is 4. The number of aryl methyl sites for hydroxylation is 3. The van der Waals surface area contributed by atoms with Crippen LogP contribution in [0.15, 0.2) is 22.9 Å². The summed E-state index contributed by atoms with van der Waals surface area (Å²) in [4.78, 5) is 12.0. The molecule has 0 spiro atoms. The van der Waals surface area contributed by atoms with Crippen molar-refractivity contribution in [3.05, 3.63) is 35.5 Å². The van der Waals surface area contributed by atoms with Crippen molar-refractivity contribution in [1.29, 1.82) is 0 Å². The van der Waals surface area contributed by atoms with E-state index in [0.29, 0.717) is 24.4 Å². The molecule has 0 saturated heterocycles. The van der Waals surface area contributed by atoms with Gasteiger partial charge >= 0.3 is 0 Å². The van der Waals surface area contributed by atoms with Gasteiger partial charge in [0.15, 0.2) is 0 Å². The first-order valence-corrected chi connectivity index (χ1v) is 6.75. The minimum atomic E-state index is -0.132. The van der Waals surface area contributed by atoms with E-state index < -0.39 is 0 Å². The molecule has 0 aromatic carbocycles. The van der Waals surface area contributed by atoms with Gasteiger partial charge in [0.25, 0.3) is 5.91 Å². The number of nitrogens with zero attached hydrogens (tertiary/aromatic N) is 4. The van der Waals surface area contributed by atoms with Gasteiger partial charge in [-0.25, -0.2) is 0 Å². The number of hydrogen-bond donors (Lipinski definition) is 1. The fraction of sp³-hybridized carbons (Fsp3) is 0.357. The van der Waals surface area contributed by atoms with E-state index in [-0.39, 0.29) is 5.91 Å². The summed E-state index contributed by atoms with van der Waals surface area (Å²) in [6, 6.07) is 1.67. The molecule has 3 aromatic heterocycles. The van der Waals surface area contributed by atoms with Gasteiger partial charge in [0.05, 0.1) is 30.3 Å². The Morgan fingerprint density at radius 1 is 1.43 bits per heavy atom. The smallest absolute Gasteiger partial charge is 0.254 e. The normalized spacial score (nSPS) is 11.2. The summed E-state index contributed by atoms with van der Waals surface area (Å²) in [5.41, 5.74) is 3.50.